The van der Waals surface area contributed by atoms with Gasteiger partial charge in [0.2, 0.25) is 0 Å². The van der Waals surface area contributed by atoms with Crippen molar-refractivity contribution in [3.8, 4) is 24.2 Å². The van der Waals surface area contributed by atoms with E-state index in [0.717, 1.165) is 5.56 Å². The van der Waals surface area contributed by atoms with Crippen molar-refractivity contribution in [2.24, 2.45) is 10.8 Å². The van der Waals surface area contributed by atoms with Crippen LogP contribution in [-0.2, 0) is 4.79 Å². The van der Waals surface area contributed by atoms with E-state index < -0.39 is 16.8 Å². The van der Waals surface area contributed by atoms with Gasteiger partial charge in [-0.1, -0.05) is 24.1 Å². The quantitative estimate of drug-likeness (QED) is 0.395. The first-order valence-corrected chi connectivity index (χ1v) is 5.78. The predicted octanol–water partition coefficient (Wildman–Crippen LogP) is 2.24. The van der Waals surface area contributed by atoms with Crippen molar-refractivity contribution in [1.29, 1.82) is 5.26 Å². The van der Waals surface area contributed by atoms with E-state index in [1.165, 1.54) is 0 Å². The largest absolute Gasteiger partial charge is 0.425 e. The molecule has 1 fully saturated rings. The lowest BCUT2D eigenvalue weighted by molar-refractivity contribution is -0.158. The lowest BCUT2D eigenvalue weighted by atomic mass is 9.44. The van der Waals surface area contributed by atoms with E-state index in [2.05, 4.69) is 12.0 Å². The van der Waals surface area contributed by atoms with Crippen molar-refractivity contribution in [3.63, 3.8) is 0 Å². The maximum absolute atomic E-state index is 12.1. The van der Waals surface area contributed by atoms with Crippen molar-refractivity contribution < 1.29 is 9.53 Å². The highest BCUT2D eigenvalue weighted by Crippen LogP contribution is 2.67. The van der Waals surface area contributed by atoms with Crippen LogP contribution in [0.5, 0.6) is 5.75 Å². The summed E-state index contributed by atoms with van der Waals surface area (Å²) in [7, 11) is 0. The molecule has 0 amide bonds. The highest BCUT2D eigenvalue weighted by atomic mass is 16.5. The summed E-state index contributed by atoms with van der Waals surface area (Å²) in [6.07, 6.45) is 5.95. The van der Waals surface area contributed by atoms with E-state index in [9.17, 15) is 10.1 Å². The molecular formula is C15H11NO2. The van der Waals surface area contributed by atoms with E-state index in [1.807, 2.05) is 19.1 Å². The fourth-order valence-electron chi connectivity index (χ4n) is 3.28. The molecule has 0 bridgehead atoms. The molecule has 1 heterocycles. The van der Waals surface area contributed by atoms with Gasteiger partial charge in [-0.2, -0.15) is 5.26 Å². The average molecular weight is 237 g/mol. The SMILES string of the molecule is C#C[C@@]1(C)C[C@]2(C#N)C(=O)Oc3ccccc3[C@H]12. The van der Waals surface area contributed by atoms with E-state index >= 15 is 0 Å². The Morgan fingerprint density at radius 2 is 2.22 bits per heavy atom. The van der Waals surface area contributed by atoms with Crippen molar-refractivity contribution in [3.05, 3.63) is 29.8 Å². The minimum atomic E-state index is -1.10. The summed E-state index contributed by atoms with van der Waals surface area (Å²) in [5.41, 5.74) is -0.689. The molecule has 0 saturated heterocycles. The summed E-state index contributed by atoms with van der Waals surface area (Å²) in [4.78, 5) is 12.1. The molecule has 3 nitrogen and oxygen atoms in total. The standard InChI is InChI=1S/C15H11NO2/c1-3-14(2)8-15(9-16)12(14)10-6-4-5-7-11(10)18-13(15)17/h1,4-7,12H,8H2,2H3/t12-,14+,15-/m1/s1. The van der Waals surface area contributed by atoms with Gasteiger partial charge >= 0.3 is 5.97 Å². The minimum Gasteiger partial charge on any atom is -0.425 e. The summed E-state index contributed by atoms with van der Waals surface area (Å²) < 4.78 is 5.27. The Kier molecular flexibility index (Phi) is 1.90. The molecule has 0 aromatic heterocycles. The molecule has 0 radical (unpaired) electrons. The molecule has 88 valence electrons. The number of para-hydroxylation sites is 1. The van der Waals surface area contributed by atoms with Gasteiger partial charge in [0.25, 0.3) is 0 Å². The zero-order valence-corrected chi connectivity index (χ0v) is 9.93. The Hall–Kier alpha value is -2.26. The van der Waals surface area contributed by atoms with E-state index in [4.69, 9.17) is 11.2 Å². The molecule has 1 saturated carbocycles. The third-order valence-corrected chi connectivity index (χ3v) is 4.10. The third kappa shape index (κ3) is 1.02. The minimum absolute atomic E-state index is 0.266. The molecule has 0 unspecified atom stereocenters. The first-order valence-electron chi connectivity index (χ1n) is 5.78. The Morgan fingerprint density at radius 1 is 1.50 bits per heavy atom. The molecule has 3 atom stereocenters. The van der Waals surface area contributed by atoms with Crippen LogP contribution in [0.4, 0.5) is 0 Å². The molecule has 0 N–H and O–H groups in total. The molecule has 1 aliphatic heterocycles. The van der Waals surface area contributed by atoms with E-state index in [1.54, 1.807) is 12.1 Å². The lowest BCUT2D eigenvalue weighted by Gasteiger charge is -2.56. The third-order valence-electron chi connectivity index (χ3n) is 4.10. The van der Waals surface area contributed by atoms with Crippen molar-refractivity contribution in [2.75, 3.05) is 0 Å². The number of nitriles is 1. The summed E-state index contributed by atoms with van der Waals surface area (Å²) in [5, 5.41) is 9.38. The van der Waals surface area contributed by atoms with Gasteiger partial charge in [-0.3, -0.25) is 0 Å². The number of terminal acetylenes is 1. The molecule has 18 heavy (non-hydrogen) atoms. The zero-order chi connectivity index (χ0) is 13.0. The summed E-state index contributed by atoms with van der Waals surface area (Å²) >= 11 is 0. The molecule has 3 heteroatoms. The average Bonchev–Trinajstić information content (AvgIpc) is 2.37. The lowest BCUT2D eigenvalue weighted by Crippen LogP contribution is -2.59. The van der Waals surface area contributed by atoms with E-state index in [0.29, 0.717) is 12.2 Å². The van der Waals surface area contributed by atoms with Gasteiger partial charge in [-0.05, 0) is 19.4 Å². The summed E-state index contributed by atoms with van der Waals surface area (Å²) in [5.74, 6) is 2.53. The molecule has 1 aromatic rings. The van der Waals surface area contributed by atoms with E-state index in [-0.39, 0.29) is 5.92 Å². The number of fused-ring (bicyclic) bond motifs is 3. The highest BCUT2D eigenvalue weighted by molar-refractivity contribution is 5.88. The van der Waals surface area contributed by atoms with Crippen LogP contribution in [0, 0.1) is 34.5 Å². The Morgan fingerprint density at radius 3 is 2.89 bits per heavy atom. The van der Waals surface area contributed by atoms with Crippen LogP contribution in [0.3, 0.4) is 0 Å². The van der Waals surface area contributed by atoms with Gasteiger partial charge in [0.15, 0.2) is 5.41 Å². The smallest absolute Gasteiger partial charge is 0.332 e. The maximum atomic E-state index is 12.1. The Labute approximate surface area is 105 Å². The number of hydrogen-bond donors (Lipinski definition) is 0. The number of hydrogen-bond acceptors (Lipinski definition) is 3. The number of esters is 1. The molecule has 0 spiro atoms. The Balaban J connectivity index is 2.24. The number of carbonyl (C=O) groups is 1. The van der Waals surface area contributed by atoms with Crippen molar-refractivity contribution in [2.45, 2.75) is 19.3 Å². The molecule has 1 aliphatic carbocycles. The number of ether oxygens (including phenoxy) is 1. The van der Waals surface area contributed by atoms with Crippen molar-refractivity contribution in [1.82, 2.24) is 0 Å². The second-order valence-electron chi connectivity index (χ2n) is 5.18. The fourth-order valence-corrected chi connectivity index (χ4v) is 3.28. The second kappa shape index (κ2) is 3.15. The molecule has 3 rings (SSSR count). The number of benzene rings is 1. The first-order chi connectivity index (χ1) is 8.57. The monoisotopic (exact) mass is 237 g/mol. The van der Waals surface area contributed by atoms with Crippen LogP contribution in [0.15, 0.2) is 24.3 Å². The summed E-state index contributed by atoms with van der Waals surface area (Å²) in [6.45, 7) is 1.92. The zero-order valence-electron chi connectivity index (χ0n) is 9.93. The fraction of sp³-hybridized carbons (Fsp3) is 0.333. The summed E-state index contributed by atoms with van der Waals surface area (Å²) in [6, 6.07) is 9.42. The van der Waals surface area contributed by atoms with Gasteiger partial charge in [-0.25, -0.2) is 4.79 Å². The van der Waals surface area contributed by atoms with Gasteiger partial charge in [0.05, 0.1) is 6.07 Å². The Bertz CT molecular complexity index is 637. The topological polar surface area (TPSA) is 50.1 Å². The van der Waals surface area contributed by atoms with Gasteiger partial charge in [0.1, 0.15) is 5.75 Å². The van der Waals surface area contributed by atoms with Gasteiger partial charge in [0, 0.05) is 16.9 Å². The van der Waals surface area contributed by atoms with Gasteiger partial charge in [-0.15, -0.1) is 6.42 Å². The molecule has 2 aliphatic rings. The van der Waals surface area contributed by atoms with Crippen LogP contribution >= 0.6 is 0 Å². The van der Waals surface area contributed by atoms with Crippen LogP contribution in [0.2, 0.25) is 0 Å². The number of nitrogens with zero attached hydrogens (tertiary/aromatic N) is 1. The first kappa shape index (κ1) is 10.9. The number of rotatable bonds is 0. The van der Waals surface area contributed by atoms with Gasteiger partial charge < -0.3 is 4.74 Å². The highest BCUT2D eigenvalue weighted by Gasteiger charge is 2.69. The maximum Gasteiger partial charge on any atom is 0.332 e. The number of carbonyl (C=O) groups excluding carboxylic acids is 1. The van der Waals surface area contributed by atoms with Crippen LogP contribution < -0.4 is 4.74 Å². The second-order valence-corrected chi connectivity index (χ2v) is 5.18. The molecular weight excluding hydrogens is 226 g/mol. The van der Waals surface area contributed by atoms with Crippen molar-refractivity contribution >= 4 is 5.97 Å². The molecule has 1 aromatic carbocycles. The van der Waals surface area contributed by atoms with Crippen LogP contribution in [0.25, 0.3) is 0 Å². The van der Waals surface area contributed by atoms with Crippen LogP contribution in [-0.4, -0.2) is 5.97 Å². The predicted molar refractivity (Wildman–Crippen MR) is 64.4 cm³/mol. The normalized spacial score (nSPS) is 36.2. The van der Waals surface area contributed by atoms with Crippen LogP contribution in [0.1, 0.15) is 24.8 Å².